The smallest absolute Gasteiger partial charge is 0.329 e. The van der Waals surface area contributed by atoms with Gasteiger partial charge < -0.3 is 4.74 Å². The molecule has 0 aliphatic carbocycles. The minimum Gasteiger partial charge on any atom is -0.497 e. The van der Waals surface area contributed by atoms with Crippen LogP contribution in [-0.2, 0) is 13.6 Å². The summed E-state index contributed by atoms with van der Waals surface area (Å²) in [4.78, 5) is 15.2. The van der Waals surface area contributed by atoms with Crippen molar-refractivity contribution in [2.24, 2.45) is 7.05 Å². The van der Waals surface area contributed by atoms with E-state index in [1.807, 2.05) is 41.9 Å². The Bertz CT molecular complexity index is 948. The molecule has 0 amide bonds. The summed E-state index contributed by atoms with van der Waals surface area (Å²) >= 11 is 0. The maximum atomic E-state index is 12.7. The highest BCUT2D eigenvalue weighted by Gasteiger charge is 2.24. The molecule has 4 rings (SSSR count). The van der Waals surface area contributed by atoms with Crippen LogP contribution in [0.4, 0.5) is 0 Å². The van der Waals surface area contributed by atoms with Gasteiger partial charge in [0.05, 0.1) is 18.1 Å². The Morgan fingerprint density at radius 3 is 2.31 bits per heavy atom. The highest BCUT2D eigenvalue weighted by molar-refractivity contribution is 5.76. The summed E-state index contributed by atoms with van der Waals surface area (Å²) in [5.41, 5.74) is 3.46. The fourth-order valence-electron chi connectivity index (χ4n) is 4.00. The minimum absolute atomic E-state index is 0.0970. The van der Waals surface area contributed by atoms with Crippen LogP contribution >= 0.6 is 0 Å². The lowest BCUT2D eigenvalue weighted by molar-refractivity contribution is 0.179. The first kappa shape index (κ1) is 16.9. The van der Waals surface area contributed by atoms with E-state index >= 15 is 0 Å². The van der Waals surface area contributed by atoms with Gasteiger partial charge in [0, 0.05) is 32.7 Å². The number of hydrogen-bond donors (Lipinski definition) is 0. The lowest BCUT2D eigenvalue weighted by Gasteiger charge is -2.32. The summed E-state index contributed by atoms with van der Waals surface area (Å²) in [5, 5.41) is 0. The van der Waals surface area contributed by atoms with Crippen LogP contribution < -0.4 is 10.4 Å². The van der Waals surface area contributed by atoms with E-state index in [-0.39, 0.29) is 11.7 Å². The number of likely N-dealkylation sites (tertiary alicyclic amines) is 1. The summed E-state index contributed by atoms with van der Waals surface area (Å²) in [6.07, 6.45) is 2.01. The molecule has 1 fully saturated rings. The second-order valence-electron chi connectivity index (χ2n) is 7.06. The number of hydrogen-bond acceptors (Lipinski definition) is 3. The summed E-state index contributed by atoms with van der Waals surface area (Å²) < 4.78 is 8.99. The van der Waals surface area contributed by atoms with Gasteiger partial charge in [0.2, 0.25) is 0 Å². The van der Waals surface area contributed by atoms with Gasteiger partial charge in [0.15, 0.2) is 0 Å². The largest absolute Gasteiger partial charge is 0.497 e. The van der Waals surface area contributed by atoms with Crippen LogP contribution in [0, 0.1) is 0 Å². The quantitative estimate of drug-likeness (QED) is 0.725. The van der Waals surface area contributed by atoms with Crippen molar-refractivity contribution >= 4 is 11.0 Å². The summed E-state index contributed by atoms with van der Waals surface area (Å²) in [6.45, 7) is 2.96. The first-order valence-electron chi connectivity index (χ1n) is 9.18. The maximum absolute atomic E-state index is 12.7. The molecule has 0 radical (unpaired) electrons. The van der Waals surface area contributed by atoms with Crippen LogP contribution in [-0.4, -0.2) is 34.2 Å². The van der Waals surface area contributed by atoms with Gasteiger partial charge in [-0.2, -0.15) is 0 Å². The molecule has 1 saturated heterocycles. The Hall–Kier alpha value is -2.53. The highest BCUT2D eigenvalue weighted by Crippen LogP contribution is 2.26. The van der Waals surface area contributed by atoms with Gasteiger partial charge in [0.1, 0.15) is 5.75 Å². The number of para-hydroxylation sites is 2. The number of nitrogens with zero attached hydrogens (tertiary/aromatic N) is 3. The average Bonchev–Trinajstić information content (AvgIpc) is 2.94. The Balaban J connectivity index is 1.47. The van der Waals surface area contributed by atoms with E-state index < -0.39 is 0 Å². The molecule has 0 atom stereocenters. The standard InChI is InChI=1S/C21H25N3O2/c1-22-19-5-3-4-6-20(19)24(21(22)25)17-11-13-23(14-12-17)15-16-7-9-18(26-2)10-8-16/h3-10,17H,11-15H2,1-2H3. The molecule has 26 heavy (non-hydrogen) atoms. The average molecular weight is 351 g/mol. The molecule has 0 unspecified atom stereocenters. The van der Waals surface area contributed by atoms with E-state index in [0.717, 1.165) is 49.3 Å². The Morgan fingerprint density at radius 1 is 1.00 bits per heavy atom. The Kier molecular flexibility index (Phi) is 4.55. The van der Waals surface area contributed by atoms with E-state index in [4.69, 9.17) is 4.74 Å². The molecule has 1 aliphatic rings. The van der Waals surface area contributed by atoms with Crippen molar-refractivity contribution in [3.05, 3.63) is 64.6 Å². The van der Waals surface area contributed by atoms with Crippen LogP contribution in [0.3, 0.4) is 0 Å². The number of ether oxygens (including phenoxy) is 1. The van der Waals surface area contributed by atoms with E-state index in [1.165, 1.54) is 5.56 Å². The lowest BCUT2D eigenvalue weighted by Crippen LogP contribution is -2.37. The molecule has 1 aliphatic heterocycles. The molecular formula is C21H25N3O2. The normalized spacial score (nSPS) is 16.2. The number of imidazole rings is 1. The number of fused-ring (bicyclic) bond motifs is 1. The number of rotatable bonds is 4. The van der Waals surface area contributed by atoms with Gasteiger partial charge in [-0.25, -0.2) is 4.79 Å². The third-order valence-electron chi connectivity index (χ3n) is 5.48. The van der Waals surface area contributed by atoms with Crippen LogP contribution in [0.1, 0.15) is 24.4 Å². The lowest BCUT2D eigenvalue weighted by atomic mass is 10.0. The van der Waals surface area contributed by atoms with Crippen LogP contribution in [0.15, 0.2) is 53.3 Å². The van der Waals surface area contributed by atoms with E-state index in [9.17, 15) is 4.79 Å². The topological polar surface area (TPSA) is 39.4 Å². The molecule has 1 aromatic heterocycles. The number of piperidine rings is 1. The molecule has 5 nitrogen and oxygen atoms in total. The van der Waals surface area contributed by atoms with Crippen molar-refractivity contribution in [3.8, 4) is 5.75 Å². The Morgan fingerprint density at radius 2 is 1.65 bits per heavy atom. The second-order valence-corrected chi connectivity index (χ2v) is 7.06. The number of methoxy groups -OCH3 is 1. The minimum atomic E-state index is 0.0970. The summed E-state index contributed by atoms with van der Waals surface area (Å²) in [5.74, 6) is 0.891. The second kappa shape index (κ2) is 7.00. The zero-order chi connectivity index (χ0) is 18.1. The zero-order valence-electron chi connectivity index (χ0n) is 15.4. The molecule has 2 aromatic carbocycles. The van der Waals surface area contributed by atoms with Gasteiger partial charge in [-0.15, -0.1) is 0 Å². The van der Waals surface area contributed by atoms with Crippen molar-refractivity contribution < 1.29 is 4.74 Å². The molecule has 136 valence electrons. The molecule has 0 N–H and O–H groups in total. The number of aromatic nitrogens is 2. The van der Waals surface area contributed by atoms with Gasteiger partial charge in [-0.3, -0.25) is 14.0 Å². The number of benzene rings is 2. The molecular weight excluding hydrogens is 326 g/mol. The molecule has 0 saturated carbocycles. The zero-order valence-corrected chi connectivity index (χ0v) is 15.4. The van der Waals surface area contributed by atoms with Crippen molar-refractivity contribution in [1.29, 1.82) is 0 Å². The van der Waals surface area contributed by atoms with Gasteiger partial charge in [-0.1, -0.05) is 24.3 Å². The van der Waals surface area contributed by atoms with Crippen molar-refractivity contribution in [1.82, 2.24) is 14.0 Å². The van der Waals surface area contributed by atoms with Gasteiger partial charge >= 0.3 is 5.69 Å². The molecule has 0 spiro atoms. The highest BCUT2D eigenvalue weighted by atomic mass is 16.5. The van der Waals surface area contributed by atoms with Crippen molar-refractivity contribution in [2.75, 3.05) is 20.2 Å². The third-order valence-corrected chi connectivity index (χ3v) is 5.48. The fraction of sp³-hybridized carbons (Fsp3) is 0.381. The SMILES string of the molecule is COc1ccc(CN2CCC(n3c(=O)n(C)c4ccccc43)CC2)cc1. The van der Waals surface area contributed by atoms with Crippen LogP contribution in [0.5, 0.6) is 5.75 Å². The van der Waals surface area contributed by atoms with E-state index in [2.05, 4.69) is 23.1 Å². The fourth-order valence-corrected chi connectivity index (χ4v) is 4.00. The first-order chi connectivity index (χ1) is 12.7. The van der Waals surface area contributed by atoms with Gasteiger partial charge in [0.25, 0.3) is 0 Å². The van der Waals surface area contributed by atoms with Crippen molar-refractivity contribution in [3.63, 3.8) is 0 Å². The predicted octanol–water partition coefficient (Wildman–Crippen LogP) is 3.19. The maximum Gasteiger partial charge on any atom is 0.329 e. The third kappa shape index (κ3) is 3.03. The van der Waals surface area contributed by atoms with Crippen molar-refractivity contribution in [2.45, 2.75) is 25.4 Å². The van der Waals surface area contributed by atoms with E-state index in [1.54, 1.807) is 11.7 Å². The molecule has 2 heterocycles. The van der Waals surface area contributed by atoms with Gasteiger partial charge in [-0.05, 0) is 42.7 Å². The summed E-state index contributed by atoms with van der Waals surface area (Å²) in [6, 6.07) is 16.6. The number of aryl methyl sites for hydroxylation is 1. The first-order valence-corrected chi connectivity index (χ1v) is 9.18. The summed E-state index contributed by atoms with van der Waals surface area (Å²) in [7, 11) is 3.55. The van der Waals surface area contributed by atoms with Crippen LogP contribution in [0.2, 0.25) is 0 Å². The monoisotopic (exact) mass is 351 g/mol. The Labute approximate surface area is 153 Å². The molecule has 0 bridgehead atoms. The van der Waals surface area contributed by atoms with E-state index in [0.29, 0.717) is 0 Å². The molecule has 5 heteroatoms. The molecule has 3 aromatic rings. The van der Waals surface area contributed by atoms with Crippen LogP contribution in [0.25, 0.3) is 11.0 Å². The predicted molar refractivity (Wildman–Crippen MR) is 104 cm³/mol.